The van der Waals surface area contributed by atoms with E-state index in [0.29, 0.717) is 23.1 Å². The van der Waals surface area contributed by atoms with Crippen molar-refractivity contribution in [2.45, 2.75) is 33.1 Å². The zero-order chi connectivity index (χ0) is 21.1. The molecule has 3 heterocycles. The van der Waals surface area contributed by atoms with Gasteiger partial charge in [0.05, 0.1) is 5.56 Å². The van der Waals surface area contributed by atoms with E-state index in [2.05, 4.69) is 25.4 Å². The van der Waals surface area contributed by atoms with Crippen LogP contribution >= 0.6 is 0 Å². The van der Waals surface area contributed by atoms with Crippen LogP contribution in [-0.2, 0) is 6.42 Å². The second-order valence-corrected chi connectivity index (χ2v) is 7.12. The Morgan fingerprint density at radius 2 is 2.00 bits per heavy atom. The van der Waals surface area contributed by atoms with E-state index >= 15 is 0 Å². The normalized spacial score (nSPS) is 11.1. The van der Waals surface area contributed by atoms with Crippen LogP contribution in [0.2, 0.25) is 0 Å². The lowest BCUT2D eigenvalue weighted by Crippen LogP contribution is -2.13. The van der Waals surface area contributed by atoms with Crippen molar-refractivity contribution in [1.82, 2.24) is 24.7 Å². The summed E-state index contributed by atoms with van der Waals surface area (Å²) in [6.45, 7) is 6.04. The highest BCUT2D eigenvalue weighted by atomic mass is 16.5. The molecule has 0 spiro atoms. The molecule has 0 radical (unpaired) electrons. The molecule has 0 bridgehead atoms. The van der Waals surface area contributed by atoms with Crippen LogP contribution in [0.25, 0.3) is 17.3 Å². The van der Waals surface area contributed by atoms with Gasteiger partial charge in [0.1, 0.15) is 12.0 Å². The van der Waals surface area contributed by atoms with E-state index in [1.54, 1.807) is 29.4 Å². The molecule has 0 saturated heterocycles. The minimum absolute atomic E-state index is 0.150. The van der Waals surface area contributed by atoms with Gasteiger partial charge in [-0.25, -0.2) is 9.97 Å². The van der Waals surface area contributed by atoms with E-state index in [-0.39, 0.29) is 17.5 Å². The average Bonchev–Trinajstić information content (AvgIpc) is 3.44. The Morgan fingerprint density at radius 1 is 1.17 bits per heavy atom. The summed E-state index contributed by atoms with van der Waals surface area (Å²) in [7, 11) is 0. The number of benzene rings is 1. The molecule has 0 saturated carbocycles. The van der Waals surface area contributed by atoms with Gasteiger partial charge in [-0.2, -0.15) is 4.98 Å². The summed E-state index contributed by atoms with van der Waals surface area (Å²) in [6.07, 6.45) is 5.67. The summed E-state index contributed by atoms with van der Waals surface area (Å²) >= 11 is 0. The molecule has 8 nitrogen and oxygen atoms in total. The molecule has 152 valence electrons. The Morgan fingerprint density at radius 3 is 2.77 bits per heavy atom. The number of carbonyl (C=O) groups is 1. The maximum absolute atomic E-state index is 12.7. The van der Waals surface area contributed by atoms with Crippen molar-refractivity contribution in [2.24, 2.45) is 0 Å². The van der Waals surface area contributed by atoms with Gasteiger partial charge in [-0.15, -0.1) is 0 Å². The highest BCUT2D eigenvalue weighted by molar-refractivity contribution is 6.03. The fraction of sp³-hybridized carbons (Fsp3) is 0.227. The van der Waals surface area contributed by atoms with Gasteiger partial charge >= 0.3 is 0 Å². The summed E-state index contributed by atoms with van der Waals surface area (Å²) in [5.41, 5.74) is 2.79. The Labute approximate surface area is 174 Å². The van der Waals surface area contributed by atoms with E-state index in [0.717, 1.165) is 17.7 Å². The Kier molecular flexibility index (Phi) is 5.38. The van der Waals surface area contributed by atoms with Crippen LogP contribution in [0, 0.1) is 0 Å². The predicted molar refractivity (Wildman–Crippen MR) is 113 cm³/mol. The molecular weight excluding hydrogens is 380 g/mol. The number of para-hydroxylation sites is 1. The quantitative estimate of drug-likeness (QED) is 0.517. The number of carbonyl (C=O) groups excluding carboxylic acids is 1. The molecular formula is C22H22N6O2. The van der Waals surface area contributed by atoms with E-state index < -0.39 is 0 Å². The summed E-state index contributed by atoms with van der Waals surface area (Å²) in [5.74, 6) is 1.42. The molecule has 0 unspecified atom stereocenters. The number of imidazole rings is 1. The second kappa shape index (κ2) is 8.28. The maximum Gasteiger partial charge on any atom is 0.275 e. The van der Waals surface area contributed by atoms with Crippen LogP contribution < -0.4 is 5.32 Å². The smallest absolute Gasteiger partial charge is 0.275 e. The third-order valence-corrected chi connectivity index (χ3v) is 4.68. The predicted octanol–water partition coefficient (Wildman–Crippen LogP) is 4.26. The first-order chi connectivity index (χ1) is 14.6. The zero-order valence-corrected chi connectivity index (χ0v) is 17.0. The van der Waals surface area contributed by atoms with Gasteiger partial charge in [0, 0.05) is 24.0 Å². The molecule has 0 atom stereocenters. The average molecular weight is 402 g/mol. The first kappa shape index (κ1) is 19.5. The molecule has 0 aliphatic carbocycles. The van der Waals surface area contributed by atoms with E-state index in [1.807, 2.05) is 51.1 Å². The van der Waals surface area contributed by atoms with E-state index in [4.69, 9.17) is 4.52 Å². The zero-order valence-electron chi connectivity index (χ0n) is 17.0. The van der Waals surface area contributed by atoms with Gasteiger partial charge in [-0.1, -0.05) is 44.1 Å². The number of hydrogen-bond donors (Lipinski definition) is 1. The van der Waals surface area contributed by atoms with Gasteiger partial charge in [0.15, 0.2) is 11.6 Å². The Bertz CT molecular complexity index is 1180. The minimum atomic E-state index is -0.285. The number of aryl methyl sites for hydroxylation is 1. The summed E-state index contributed by atoms with van der Waals surface area (Å²) in [5, 5.41) is 6.95. The van der Waals surface area contributed by atoms with Gasteiger partial charge < -0.3 is 9.84 Å². The Hall–Kier alpha value is -3.81. The summed E-state index contributed by atoms with van der Waals surface area (Å²) in [6, 6.07) is 11.4. The first-order valence-electron chi connectivity index (χ1n) is 9.79. The molecule has 1 N–H and O–H groups in total. The molecule has 30 heavy (non-hydrogen) atoms. The van der Waals surface area contributed by atoms with Crippen LogP contribution in [0.5, 0.6) is 0 Å². The van der Waals surface area contributed by atoms with Crippen LogP contribution in [-0.4, -0.2) is 30.6 Å². The molecule has 8 heteroatoms. The van der Waals surface area contributed by atoms with Crippen molar-refractivity contribution in [3.05, 3.63) is 72.2 Å². The van der Waals surface area contributed by atoms with Gasteiger partial charge in [-0.3, -0.25) is 9.36 Å². The number of anilines is 1. The standard InChI is InChI=1S/C22H22N6O2/c1-4-15-8-5-6-10-17(15)25-21(29)18-12-28(13-24-18)20-16(9-7-11-23-20)22-26-19(14(2)3)27-30-22/h5-14H,4H2,1-3H3,(H,25,29). The first-order valence-corrected chi connectivity index (χ1v) is 9.79. The van der Waals surface area contributed by atoms with Crippen LogP contribution in [0.15, 0.2) is 59.6 Å². The number of hydrogen-bond acceptors (Lipinski definition) is 6. The molecule has 0 aliphatic rings. The van der Waals surface area contributed by atoms with Gasteiger partial charge in [-0.05, 0) is 30.2 Å². The highest BCUT2D eigenvalue weighted by Crippen LogP contribution is 2.25. The lowest BCUT2D eigenvalue weighted by Gasteiger charge is -2.08. The van der Waals surface area contributed by atoms with Crippen LogP contribution in [0.1, 0.15) is 48.6 Å². The molecule has 3 aromatic heterocycles. The van der Waals surface area contributed by atoms with Crippen LogP contribution in [0.3, 0.4) is 0 Å². The largest absolute Gasteiger partial charge is 0.334 e. The maximum atomic E-state index is 12.7. The van der Waals surface area contributed by atoms with E-state index in [9.17, 15) is 4.79 Å². The van der Waals surface area contributed by atoms with Gasteiger partial charge in [0.25, 0.3) is 11.8 Å². The number of nitrogens with one attached hydrogen (secondary N) is 1. The van der Waals surface area contributed by atoms with Crippen LogP contribution in [0.4, 0.5) is 5.69 Å². The third-order valence-electron chi connectivity index (χ3n) is 4.68. The summed E-state index contributed by atoms with van der Waals surface area (Å²) < 4.78 is 7.09. The fourth-order valence-corrected chi connectivity index (χ4v) is 3.04. The number of aromatic nitrogens is 5. The highest BCUT2D eigenvalue weighted by Gasteiger charge is 2.18. The second-order valence-electron chi connectivity index (χ2n) is 7.12. The van der Waals surface area contributed by atoms with Crippen molar-refractivity contribution < 1.29 is 9.32 Å². The molecule has 1 amide bonds. The molecule has 0 aliphatic heterocycles. The van der Waals surface area contributed by atoms with Crippen molar-refractivity contribution in [1.29, 1.82) is 0 Å². The molecule has 1 aromatic carbocycles. The molecule has 4 rings (SSSR count). The topological polar surface area (TPSA) is 98.7 Å². The summed E-state index contributed by atoms with van der Waals surface area (Å²) in [4.78, 5) is 25.8. The lowest BCUT2D eigenvalue weighted by atomic mass is 10.1. The Balaban J connectivity index is 1.62. The lowest BCUT2D eigenvalue weighted by molar-refractivity contribution is 0.102. The number of rotatable bonds is 6. The SMILES string of the molecule is CCc1ccccc1NC(=O)c1cn(-c2ncccc2-c2nc(C(C)C)no2)cn1. The van der Waals surface area contributed by atoms with Crippen molar-refractivity contribution in [2.75, 3.05) is 5.32 Å². The van der Waals surface area contributed by atoms with Crippen molar-refractivity contribution in [3.8, 4) is 17.3 Å². The number of amides is 1. The minimum Gasteiger partial charge on any atom is -0.334 e. The molecule has 0 fully saturated rings. The monoisotopic (exact) mass is 402 g/mol. The number of nitrogens with zero attached hydrogens (tertiary/aromatic N) is 5. The van der Waals surface area contributed by atoms with Crippen molar-refractivity contribution >= 4 is 11.6 Å². The fourth-order valence-electron chi connectivity index (χ4n) is 3.04. The van der Waals surface area contributed by atoms with Crippen molar-refractivity contribution in [3.63, 3.8) is 0 Å². The van der Waals surface area contributed by atoms with Gasteiger partial charge in [0.2, 0.25) is 0 Å². The number of pyridine rings is 1. The third kappa shape index (κ3) is 3.84. The molecule has 4 aromatic rings. The van der Waals surface area contributed by atoms with E-state index in [1.165, 1.54) is 0 Å².